The highest BCUT2D eigenvalue weighted by atomic mass is 19.1. The minimum atomic E-state index is -0.340. The SMILES string of the molecule is COc1cc(C=O)ccc1OCc1noc(-c2ccc(F)cc2)n1. The van der Waals surface area contributed by atoms with Gasteiger partial charge in [-0.15, -0.1) is 0 Å². The molecule has 1 heterocycles. The number of hydrogen-bond acceptors (Lipinski definition) is 6. The first kappa shape index (κ1) is 15.7. The van der Waals surface area contributed by atoms with E-state index in [9.17, 15) is 9.18 Å². The van der Waals surface area contributed by atoms with Crippen LogP contribution in [0.1, 0.15) is 16.2 Å². The number of methoxy groups -OCH3 is 1. The Morgan fingerprint density at radius 2 is 1.96 bits per heavy atom. The van der Waals surface area contributed by atoms with Crippen LogP contribution in [0, 0.1) is 5.82 Å². The van der Waals surface area contributed by atoms with Gasteiger partial charge in [0.1, 0.15) is 12.1 Å². The van der Waals surface area contributed by atoms with Crippen LogP contribution in [0.4, 0.5) is 4.39 Å². The molecule has 3 rings (SSSR count). The molecule has 0 radical (unpaired) electrons. The van der Waals surface area contributed by atoms with Gasteiger partial charge in [0.05, 0.1) is 7.11 Å². The third-order valence-electron chi connectivity index (χ3n) is 3.24. The lowest BCUT2D eigenvalue weighted by molar-refractivity contribution is 0.112. The second-order valence-electron chi connectivity index (χ2n) is 4.84. The molecule has 1 aromatic heterocycles. The quantitative estimate of drug-likeness (QED) is 0.647. The number of halogens is 1. The van der Waals surface area contributed by atoms with Gasteiger partial charge in [0.2, 0.25) is 5.82 Å². The third kappa shape index (κ3) is 3.40. The van der Waals surface area contributed by atoms with Crippen molar-refractivity contribution < 1.29 is 23.2 Å². The van der Waals surface area contributed by atoms with Crippen molar-refractivity contribution in [3.8, 4) is 23.0 Å². The van der Waals surface area contributed by atoms with Crippen molar-refractivity contribution in [3.63, 3.8) is 0 Å². The molecule has 3 aromatic rings. The molecule has 0 saturated carbocycles. The Hall–Kier alpha value is -3.22. The van der Waals surface area contributed by atoms with E-state index in [1.165, 1.54) is 19.2 Å². The molecule has 0 saturated heterocycles. The largest absolute Gasteiger partial charge is 0.493 e. The number of carbonyl (C=O) groups excluding carboxylic acids is 1. The predicted octanol–water partition coefficient (Wildman–Crippen LogP) is 3.28. The zero-order valence-electron chi connectivity index (χ0n) is 12.7. The molecule has 0 aliphatic rings. The van der Waals surface area contributed by atoms with E-state index < -0.39 is 0 Å². The predicted molar refractivity (Wildman–Crippen MR) is 82.4 cm³/mol. The van der Waals surface area contributed by atoms with E-state index in [0.29, 0.717) is 28.5 Å². The molecule has 0 atom stereocenters. The van der Waals surface area contributed by atoms with Crippen LogP contribution < -0.4 is 9.47 Å². The standard InChI is InChI=1S/C17H13FN2O4/c1-22-15-8-11(9-21)2-7-14(15)23-10-16-19-17(24-20-16)12-3-5-13(18)6-4-12/h2-9H,10H2,1H3. The number of hydrogen-bond donors (Lipinski definition) is 0. The van der Waals surface area contributed by atoms with Gasteiger partial charge < -0.3 is 14.0 Å². The number of ether oxygens (including phenoxy) is 2. The van der Waals surface area contributed by atoms with Gasteiger partial charge in [0.25, 0.3) is 5.89 Å². The molecule has 0 unspecified atom stereocenters. The van der Waals surface area contributed by atoms with Crippen molar-refractivity contribution in [1.29, 1.82) is 0 Å². The molecule has 0 spiro atoms. The summed E-state index contributed by atoms with van der Waals surface area (Å²) in [5.74, 6) is 1.15. The van der Waals surface area contributed by atoms with E-state index in [1.54, 1.807) is 30.3 Å². The minimum absolute atomic E-state index is 0.0570. The maximum absolute atomic E-state index is 12.9. The van der Waals surface area contributed by atoms with Crippen LogP contribution in [-0.2, 0) is 6.61 Å². The second kappa shape index (κ2) is 6.91. The average molecular weight is 328 g/mol. The van der Waals surface area contributed by atoms with Gasteiger partial charge in [-0.1, -0.05) is 5.16 Å². The van der Waals surface area contributed by atoms with Crippen molar-refractivity contribution in [2.75, 3.05) is 7.11 Å². The Balaban J connectivity index is 1.71. The lowest BCUT2D eigenvalue weighted by atomic mass is 10.2. The van der Waals surface area contributed by atoms with Gasteiger partial charge in [-0.05, 0) is 42.5 Å². The van der Waals surface area contributed by atoms with Crippen molar-refractivity contribution in [1.82, 2.24) is 10.1 Å². The summed E-state index contributed by atoms with van der Waals surface area (Å²) in [6, 6.07) is 10.5. The molecule has 0 N–H and O–H groups in total. The van der Waals surface area contributed by atoms with Crippen LogP contribution in [0.5, 0.6) is 11.5 Å². The monoisotopic (exact) mass is 328 g/mol. The van der Waals surface area contributed by atoms with E-state index in [4.69, 9.17) is 14.0 Å². The molecular formula is C17H13FN2O4. The zero-order valence-corrected chi connectivity index (χ0v) is 12.7. The molecule has 24 heavy (non-hydrogen) atoms. The normalized spacial score (nSPS) is 10.4. The fraction of sp³-hybridized carbons (Fsp3) is 0.118. The second-order valence-corrected chi connectivity index (χ2v) is 4.84. The van der Waals surface area contributed by atoms with Crippen LogP contribution in [0.15, 0.2) is 47.0 Å². The van der Waals surface area contributed by atoms with Crippen molar-refractivity contribution >= 4 is 6.29 Å². The number of aromatic nitrogens is 2. The van der Waals surface area contributed by atoms with Gasteiger partial charge in [-0.3, -0.25) is 4.79 Å². The molecule has 0 aliphatic heterocycles. The fourth-order valence-electron chi connectivity index (χ4n) is 2.04. The lowest BCUT2D eigenvalue weighted by Crippen LogP contribution is -2.00. The van der Waals surface area contributed by atoms with Gasteiger partial charge in [-0.25, -0.2) is 4.39 Å². The van der Waals surface area contributed by atoms with Crippen molar-refractivity contribution in [2.24, 2.45) is 0 Å². The first-order valence-corrected chi connectivity index (χ1v) is 7.04. The Morgan fingerprint density at radius 1 is 1.17 bits per heavy atom. The number of nitrogens with zero attached hydrogens (tertiary/aromatic N) is 2. The smallest absolute Gasteiger partial charge is 0.258 e. The Bertz CT molecular complexity index is 846. The molecule has 122 valence electrons. The molecule has 2 aromatic carbocycles. The highest BCUT2D eigenvalue weighted by Gasteiger charge is 2.11. The van der Waals surface area contributed by atoms with Crippen molar-refractivity contribution in [2.45, 2.75) is 6.61 Å². The Kier molecular flexibility index (Phi) is 4.51. The summed E-state index contributed by atoms with van der Waals surface area (Å²) in [4.78, 5) is 15.0. The fourth-order valence-corrected chi connectivity index (χ4v) is 2.04. The Labute approximate surface area is 136 Å². The van der Waals surface area contributed by atoms with Crippen molar-refractivity contribution in [3.05, 3.63) is 59.7 Å². The van der Waals surface area contributed by atoms with Crippen LogP contribution in [0.2, 0.25) is 0 Å². The third-order valence-corrected chi connectivity index (χ3v) is 3.24. The maximum atomic E-state index is 12.9. The number of benzene rings is 2. The topological polar surface area (TPSA) is 74.5 Å². The number of carbonyl (C=O) groups is 1. The molecule has 0 fully saturated rings. The van der Waals surface area contributed by atoms with E-state index >= 15 is 0 Å². The van der Waals surface area contributed by atoms with Crippen LogP contribution >= 0.6 is 0 Å². The molecule has 7 heteroatoms. The van der Waals surface area contributed by atoms with E-state index in [0.717, 1.165) is 6.29 Å². The zero-order chi connectivity index (χ0) is 16.9. The highest BCUT2D eigenvalue weighted by molar-refractivity contribution is 5.76. The first-order valence-electron chi connectivity index (χ1n) is 7.04. The molecule has 6 nitrogen and oxygen atoms in total. The summed E-state index contributed by atoms with van der Waals surface area (Å²) in [6.07, 6.45) is 0.723. The summed E-state index contributed by atoms with van der Waals surface area (Å²) in [5.41, 5.74) is 1.10. The Morgan fingerprint density at radius 3 is 2.67 bits per heavy atom. The van der Waals surface area contributed by atoms with Gasteiger partial charge in [0.15, 0.2) is 18.1 Å². The van der Waals surface area contributed by atoms with E-state index in [2.05, 4.69) is 10.1 Å². The summed E-state index contributed by atoms with van der Waals surface area (Å²) in [6.45, 7) is 0.0570. The van der Waals surface area contributed by atoms with Gasteiger partial charge >= 0.3 is 0 Å². The van der Waals surface area contributed by atoms with E-state index in [1.807, 2.05) is 0 Å². The van der Waals surface area contributed by atoms with Crippen LogP contribution in [-0.4, -0.2) is 23.5 Å². The first-order chi connectivity index (χ1) is 11.7. The summed E-state index contributed by atoms with van der Waals surface area (Å²) in [7, 11) is 1.48. The maximum Gasteiger partial charge on any atom is 0.258 e. The summed E-state index contributed by atoms with van der Waals surface area (Å²) < 4.78 is 28.8. The lowest BCUT2D eigenvalue weighted by Gasteiger charge is -2.09. The highest BCUT2D eigenvalue weighted by Crippen LogP contribution is 2.28. The van der Waals surface area contributed by atoms with E-state index in [-0.39, 0.29) is 18.3 Å². The summed E-state index contributed by atoms with van der Waals surface area (Å²) in [5, 5.41) is 3.82. The van der Waals surface area contributed by atoms with Gasteiger partial charge in [-0.2, -0.15) is 4.98 Å². The number of aldehydes is 1. The average Bonchev–Trinajstić information content (AvgIpc) is 3.09. The summed E-state index contributed by atoms with van der Waals surface area (Å²) >= 11 is 0. The van der Waals surface area contributed by atoms with Gasteiger partial charge in [0, 0.05) is 11.1 Å². The molecule has 0 aliphatic carbocycles. The minimum Gasteiger partial charge on any atom is -0.493 e. The molecule has 0 amide bonds. The molecule has 0 bridgehead atoms. The van der Waals surface area contributed by atoms with Crippen LogP contribution in [0.25, 0.3) is 11.5 Å². The molecular weight excluding hydrogens is 315 g/mol. The van der Waals surface area contributed by atoms with Crippen LogP contribution in [0.3, 0.4) is 0 Å². The number of rotatable bonds is 6.